The lowest BCUT2D eigenvalue weighted by molar-refractivity contribution is 0.229. The molecule has 0 aliphatic rings. The fourth-order valence-corrected chi connectivity index (χ4v) is 3.82. The molecule has 0 bridgehead atoms. The number of para-hydroxylation sites is 1. The second-order valence-electron chi connectivity index (χ2n) is 6.12. The predicted molar refractivity (Wildman–Crippen MR) is 111 cm³/mol. The van der Waals surface area contributed by atoms with Crippen LogP contribution in [0.25, 0.3) is 22.4 Å². The molecule has 7 nitrogen and oxygen atoms in total. The number of hydrogen-bond acceptors (Lipinski definition) is 7. The van der Waals surface area contributed by atoms with E-state index in [1.807, 2.05) is 60.0 Å². The topological polar surface area (TPSA) is 88.8 Å². The smallest absolute Gasteiger partial charge is 0.191 e. The van der Waals surface area contributed by atoms with Crippen molar-refractivity contribution in [2.24, 2.45) is 0 Å². The lowest BCUT2D eigenvalue weighted by atomic mass is 10.2. The Morgan fingerprint density at radius 2 is 1.89 bits per heavy atom. The van der Waals surface area contributed by atoms with E-state index in [4.69, 9.17) is 0 Å². The summed E-state index contributed by atoms with van der Waals surface area (Å²) in [6.07, 6.45) is 2.73. The quantitative estimate of drug-likeness (QED) is 0.368. The molecular formula is C20H20N6OS. The molecule has 0 aliphatic heterocycles. The standard InChI is InChI=1S/C20H20N6OS/c1-2-26-19(16-9-3-4-11-21-16)24-25-20(26)28-13-17(27)23-15-10-5-7-14-8-6-12-22-18(14)15/h3-12,17,23,27H,2,13H2,1H3. The van der Waals surface area contributed by atoms with Crippen LogP contribution in [0.2, 0.25) is 0 Å². The molecule has 4 rings (SSSR count). The molecule has 2 N–H and O–H groups in total. The van der Waals surface area contributed by atoms with E-state index in [9.17, 15) is 5.11 Å². The number of fused-ring (bicyclic) bond motifs is 1. The van der Waals surface area contributed by atoms with Crippen molar-refractivity contribution >= 4 is 28.4 Å². The molecule has 4 aromatic rings. The van der Waals surface area contributed by atoms with Gasteiger partial charge in [-0.05, 0) is 31.2 Å². The fourth-order valence-electron chi connectivity index (χ4n) is 2.96. The average molecular weight is 392 g/mol. The van der Waals surface area contributed by atoms with Gasteiger partial charge in [-0.25, -0.2) is 0 Å². The van der Waals surface area contributed by atoms with Gasteiger partial charge in [0.15, 0.2) is 11.0 Å². The summed E-state index contributed by atoms with van der Waals surface area (Å²) in [5.41, 5.74) is 2.42. The molecule has 0 spiro atoms. The molecule has 0 aliphatic carbocycles. The monoisotopic (exact) mass is 392 g/mol. The van der Waals surface area contributed by atoms with Gasteiger partial charge >= 0.3 is 0 Å². The van der Waals surface area contributed by atoms with Gasteiger partial charge in [-0.15, -0.1) is 10.2 Å². The van der Waals surface area contributed by atoms with Gasteiger partial charge in [0.05, 0.1) is 11.2 Å². The van der Waals surface area contributed by atoms with E-state index in [1.54, 1.807) is 12.4 Å². The Labute approximate surface area is 166 Å². The van der Waals surface area contributed by atoms with Crippen molar-refractivity contribution in [1.82, 2.24) is 24.7 Å². The number of aliphatic hydroxyl groups excluding tert-OH is 1. The van der Waals surface area contributed by atoms with Crippen molar-refractivity contribution < 1.29 is 5.11 Å². The summed E-state index contributed by atoms with van der Waals surface area (Å²) >= 11 is 1.45. The molecule has 28 heavy (non-hydrogen) atoms. The Kier molecular flexibility index (Phi) is 5.50. The van der Waals surface area contributed by atoms with Crippen molar-refractivity contribution in [2.45, 2.75) is 24.9 Å². The van der Waals surface area contributed by atoms with Crippen molar-refractivity contribution in [3.05, 3.63) is 60.9 Å². The van der Waals surface area contributed by atoms with E-state index in [0.717, 1.165) is 39.8 Å². The van der Waals surface area contributed by atoms with Gasteiger partial charge in [0, 0.05) is 30.1 Å². The highest BCUT2D eigenvalue weighted by atomic mass is 32.2. The SMILES string of the molecule is CCn1c(SCC(O)Nc2cccc3cccnc23)nnc1-c1ccccn1. The van der Waals surface area contributed by atoms with Crippen molar-refractivity contribution in [3.63, 3.8) is 0 Å². The molecule has 8 heteroatoms. The van der Waals surface area contributed by atoms with Crippen LogP contribution >= 0.6 is 11.8 Å². The summed E-state index contributed by atoms with van der Waals surface area (Å²) in [6, 6.07) is 15.5. The highest BCUT2D eigenvalue weighted by Crippen LogP contribution is 2.25. The van der Waals surface area contributed by atoms with Gasteiger partial charge in [0.2, 0.25) is 0 Å². The number of hydrogen-bond donors (Lipinski definition) is 2. The van der Waals surface area contributed by atoms with E-state index >= 15 is 0 Å². The van der Waals surface area contributed by atoms with Crippen LogP contribution < -0.4 is 5.32 Å². The highest BCUT2D eigenvalue weighted by molar-refractivity contribution is 7.99. The number of aromatic nitrogens is 5. The van der Waals surface area contributed by atoms with Crippen molar-refractivity contribution in [2.75, 3.05) is 11.1 Å². The zero-order valence-corrected chi connectivity index (χ0v) is 16.2. The zero-order chi connectivity index (χ0) is 19.3. The molecule has 1 unspecified atom stereocenters. The third-order valence-corrected chi connectivity index (χ3v) is 5.29. The van der Waals surface area contributed by atoms with Crippen molar-refractivity contribution in [3.8, 4) is 11.5 Å². The summed E-state index contributed by atoms with van der Waals surface area (Å²) in [4.78, 5) is 8.75. The molecule has 0 amide bonds. The van der Waals surface area contributed by atoms with E-state index in [0.29, 0.717) is 5.75 Å². The number of benzene rings is 1. The minimum absolute atomic E-state index is 0.420. The van der Waals surface area contributed by atoms with Crippen LogP contribution in [0, 0.1) is 0 Å². The Balaban J connectivity index is 1.46. The molecular weight excluding hydrogens is 372 g/mol. The second-order valence-corrected chi connectivity index (χ2v) is 7.10. The second kappa shape index (κ2) is 8.37. The maximum atomic E-state index is 10.5. The number of rotatable bonds is 7. The summed E-state index contributed by atoms with van der Waals surface area (Å²) < 4.78 is 2.00. The summed E-state index contributed by atoms with van der Waals surface area (Å²) in [6.45, 7) is 2.76. The first kappa shape index (κ1) is 18.4. The van der Waals surface area contributed by atoms with Crippen LogP contribution in [0.5, 0.6) is 0 Å². The molecule has 142 valence electrons. The molecule has 3 aromatic heterocycles. The van der Waals surface area contributed by atoms with E-state index in [-0.39, 0.29) is 0 Å². The van der Waals surface area contributed by atoms with Gasteiger partial charge in [-0.1, -0.05) is 36.0 Å². The van der Waals surface area contributed by atoms with Crippen LogP contribution in [-0.2, 0) is 6.54 Å². The van der Waals surface area contributed by atoms with Crippen LogP contribution in [0.1, 0.15) is 6.92 Å². The largest absolute Gasteiger partial charge is 0.373 e. The van der Waals surface area contributed by atoms with Gasteiger partial charge in [0.1, 0.15) is 11.9 Å². The van der Waals surface area contributed by atoms with Crippen LogP contribution in [0.3, 0.4) is 0 Å². The van der Waals surface area contributed by atoms with Crippen LogP contribution in [0.15, 0.2) is 66.1 Å². The number of anilines is 1. The van der Waals surface area contributed by atoms with Gasteiger partial charge < -0.3 is 15.0 Å². The number of thioether (sulfide) groups is 1. The zero-order valence-electron chi connectivity index (χ0n) is 15.4. The third kappa shape index (κ3) is 3.83. The summed E-state index contributed by atoms with van der Waals surface area (Å²) in [5, 5.41) is 23.9. The van der Waals surface area contributed by atoms with Gasteiger partial charge in [-0.3, -0.25) is 9.97 Å². The van der Waals surface area contributed by atoms with Gasteiger partial charge in [0.25, 0.3) is 0 Å². The average Bonchev–Trinajstić information content (AvgIpc) is 3.16. The molecule has 0 saturated carbocycles. The maximum Gasteiger partial charge on any atom is 0.191 e. The Morgan fingerprint density at radius 3 is 2.71 bits per heavy atom. The van der Waals surface area contributed by atoms with E-state index < -0.39 is 6.23 Å². The third-order valence-electron chi connectivity index (χ3n) is 4.25. The van der Waals surface area contributed by atoms with E-state index in [1.165, 1.54) is 11.8 Å². The first-order valence-corrected chi connectivity index (χ1v) is 10.0. The van der Waals surface area contributed by atoms with Crippen molar-refractivity contribution in [1.29, 1.82) is 0 Å². The first-order chi connectivity index (χ1) is 13.8. The predicted octanol–water partition coefficient (Wildman–Crippen LogP) is 3.43. The number of nitrogens with zero attached hydrogens (tertiary/aromatic N) is 5. The Hall–Kier alpha value is -2.97. The Bertz CT molecular complexity index is 1060. The molecule has 1 atom stereocenters. The molecule has 1 aromatic carbocycles. The lowest BCUT2D eigenvalue weighted by Gasteiger charge is -2.15. The molecule has 0 fully saturated rings. The van der Waals surface area contributed by atoms with E-state index in [2.05, 4.69) is 25.5 Å². The summed E-state index contributed by atoms with van der Waals surface area (Å²) in [7, 11) is 0. The minimum atomic E-state index is -0.752. The first-order valence-electron chi connectivity index (χ1n) is 9.02. The Morgan fingerprint density at radius 1 is 1.04 bits per heavy atom. The number of nitrogens with one attached hydrogen (secondary N) is 1. The fraction of sp³-hybridized carbons (Fsp3) is 0.200. The minimum Gasteiger partial charge on any atom is -0.373 e. The van der Waals surface area contributed by atoms with Gasteiger partial charge in [-0.2, -0.15) is 0 Å². The van der Waals surface area contributed by atoms with Crippen LogP contribution in [0.4, 0.5) is 5.69 Å². The number of pyridine rings is 2. The summed E-state index contributed by atoms with van der Waals surface area (Å²) in [5.74, 6) is 1.15. The highest BCUT2D eigenvalue weighted by Gasteiger charge is 2.16. The lowest BCUT2D eigenvalue weighted by Crippen LogP contribution is -2.22. The maximum absolute atomic E-state index is 10.5. The number of aliphatic hydroxyl groups is 1. The van der Waals surface area contributed by atoms with Crippen LogP contribution in [-0.4, -0.2) is 41.8 Å². The normalized spacial score (nSPS) is 12.2. The molecule has 0 radical (unpaired) electrons. The molecule has 0 saturated heterocycles. The molecule has 3 heterocycles.